The van der Waals surface area contributed by atoms with Gasteiger partial charge < -0.3 is 10.1 Å². The van der Waals surface area contributed by atoms with E-state index < -0.39 is 0 Å². The van der Waals surface area contributed by atoms with Crippen LogP contribution in [0.2, 0.25) is 0 Å². The minimum Gasteiger partial charge on any atom is -0.382 e. The first-order valence-corrected chi connectivity index (χ1v) is 7.88. The summed E-state index contributed by atoms with van der Waals surface area (Å²) in [6.45, 7) is 13.6. The zero-order valence-corrected chi connectivity index (χ0v) is 13.8. The molecule has 0 aromatic heterocycles. The van der Waals surface area contributed by atoms with Crippen molar-refractivity contribution >= 4 is 0 Å². The molecule has 0 aliphatic heterocycles. The minimum absolute atomic E-state index is 0.231. The number of hydrogen-bond donors (Lipinski definition) is 1. The highest BCUT2D eigenvalue weighted by Gasteiger charge is 2.14. The summed E-state index contributed by atoms with van der Waals surface area (Å²) in [6, 6.07) is 9.57. The van der Waals surface area contributed by atoms with Gasteiger partial charge in [0.2, 0.25) is 0 Å². The lowest BCUT2D eigenvalue weighted by Gasteiger charge is -2.21. The van der Waals surface area contributed by atoms with Crippen molar-refractivity contribution in [3.05, 3.63) is 35.4 Å². The van der Waals surface area contributed by atoms with Crippen molar-refractivity contribution in [2.24, 2.45) is 0 Å². The Morgan fingerprint density at radius 2 is 1.75 bits per heavy atom. The molecule has 20 heavy (non-hydrogen) atoms. The van der Waals surface area contributed by atoms with Crippen LogP contribution in [-0.2, 0) is 16.6 Å². The maximum Gasteiger partial charge on any atom is 0.0480 e. The molecule has 0 radical (unpaired) electrons. The Labute approximate surface area is 124 Å². The molecular weight excluding hydrogens is 246 g/mol. The molecule has 1 rings (SSSR count). The van der Waals surface area contributed by atoms with Crippen LogP contribution in [0.5, 0.6) is 0 Å². The number of hydrogen-bond acceptors (Lipinski definition) is 2. The molecule has 0 saturated heterocycles. The first-order chi connectivity index (χ1) is 9.47. The quantitative estimate of drug-likeness (QED) is 0.727. The molecule has 0 fully saturated rings. The molecular formula is C18H31NO. The molecule has 0 spiro atoms. The highest BCUT2D eigenvalue weighted by Crippen LogP contribution is 2.22. The van der Waals surface area contributed by atoms with Crippen LogP contribution >= 0.6 is 0 Å². The average Bonchev–Trinajstić information content (AvgIpc) is 2.39. The SMILES string of the molecule is CCNC(CCOCC)Cc1ccc(C(C)(C)C)cc1. The third-order valence-corrected chi connectivity index (χ3v) is 3.61. The van der Waals surface area contributed by atoms with Crippen molar-refractivity contribution in [2.75, 3.05) is 19.8 Å². The Hall–Kier alpha value is -0.860. The van der Waals surface area contributed by atoms with Gasteiger partial charge in [-0.05, 0) is 42.9 Å². The maximum absolute atomic E-state index is 5.47. The van der Waals surface area contributed by atoms with Crippen LogP contribution in [0.4, 0.5) is 0 Å². The lowest BCUT2D eigenvalue weighted by Crippen LogP contribution is -2.32. The topological polar surface area (TPSA) is 21.3 Å². The third-order valence-electron chi connectivity index (χ3n) is 3.61. The fourth-order valence-corrected chi connectivity index (χ4v) is 2.36. The molecule has 0 bridgehead atoms. The summed E-state index contributed by atoms with van der Waals surface area (Å²) in [7, 11) is 0. The lowest BCUT2D eigenvalue weighted by atomic mass is 9.86. The number of nitrogens with one attached hydrogen (secondary N) is 1. The monoisotopic (exact) mass is 277 g/mol. The van der Waals surface area contributed by atoms with Gasteiger partial charge >= 0.3 is 0 Å². The third kappa shape index (κ3) is 6.06. The van der Waals surface area contributed by atoms with Crippen molar-refractivity contribution in [2.45, 2.75) is 58.9 Å². The molecule has 0 aliphatic rings. The summed E-state index contributed by atoms with van der Waals surface area (Å²) in [5.41, 5.74) is 3.03. The zero-order chi connectivity index (χ0) is 15.0. The summed E-state index contributed by atoms with van der Waals surface area (Å²) < 4.78 is 5.47. The summed E-state index contributed by atoms with van der Waals surface area (Å²) in [4.78, 5) is 0. The Morgan fingerprint density at radius 3 is 2.25 bits per heavy atom. The van der Waals surface area contributed by atoms with E-state index in [1.54, 1.807) is 0 Å². The van der Waals surface area contributed by atoms with Crippen molar-refractivity contribution in [3.8, 4) is 0 Å². The van der Waals surface area contributed by atoms with Crippen LogP contribution in [0.25, 0.3) is 0 Å². The number of likely N-dealkylation sites (N-methyl/N-ethyl adjacent to an activating group) is 1. The largest absolute Gasteiger partial charge is 0.382 e. The van der Waals surface area contributed by atoms with Gasteiger partial charge in [0, 0.05) is 19.3 Å². The van der Waals surface area contributed by atoms with Gasteiger partial charge in [-0.3, -0.25) is 0 Å². The van der Waals surface area contributed by atoms with Gasteiger partial charge in [0.1, 0.15) is 0 Å². The fraction of sp³-hybridized carbons (Fsp3) is 0.667. The molecule has 1 atom stereocenters. The van der Waals surface area contributed by atoms with Crippen LogP contribution in [0.3, 0.4) is 0 Å². The van der Waals surface area contributed by atoms with E-state index in [0.717, 1.165) is 32.6 Å². The zero-order valence-electron chi connectivity index (χ0n) is 13.8. The summed E-state index contributed by atoms with van der Waals surface area (Å²) in [5, 5.41) is 3.55. The molecule has 0 amide bonds. The van der Waals surface area contributed by atoms with E-state index >= 15 is 0 Å². The van der Waals surface area contributed by atoms with E-state index in [1.807, 2.05) is 6.92 Å². The second kappa shape index (κ2) is 8.43. The van der Waals surface area contributed by atoms with E-state index in [4.69, 9.17) is 4.74 Å². The highest BCUT2D eigenvalue weighted by atomic mass is 16.5. The first kappa shape index (κ1) is 17.2. The Balaban J connectivity index is 2.59. The van der Waals surface area contributed by atoms with Gasteiger partial charge in [0.25, 0.3) is 0 Å². The van der Waals surface area contributed by atoms with E-state index in [9.17, 15) is 0 Å². The van der Waals surface area contributed by atoms with Gasteiger partial charge in [-0.15, -0.1) is 0 Å². The van der Waals surface area contributed by atoms with Gasteiger partial charge in [-0.1, -0.05) is 52.0 Å². The Bertz CT molecular complexity index is 364. The molecule has 114 valence electrons. The van der Waals surface area contributed by atoms with E-state index in [2.05, 4.69) is 57.3 Å². The molecule has 2 heteroatoms. The second-order valence-corrected chi connectivity index (χ2v) is 6.39. The normalized spacial score (nSPS) is 13.4. The van der Waals surface area contributed by atoms with E-state index in [-0.39, 0.29) is 5.41 Å². The smallest absolute Gasteiger partial charge is 0.0480 e. The number of rotatable bonds is 8. The molecule has 0 saturated carbocycles. The molecule has 0 aliphatic carbocycles. The number of benzene rings is 1. The average molecular weight is 277 g/mol. The predicted octanol–water partition coefficient (Wildman–Crippen LogP) is 3.93. The van der Waals surface area contributed by atoms with Crippen molar-refractivity contribution < 1.29 is 4.74 Å². The molecule has 1 aromatic rings. The molecule has 1 N–H and O–H groups in total. The lowest BCUT2D eigenvalue weighted by molar-refractivity contribution is 0.136. The fourth-order valence-electron chi connectivity index (χ4n) is 2.36. The number of ether oxygens (including phenoxy) is 1. The van der Waals surface area contributed by atoms with Crippen LogP contribution in [0.15, 0.2) is 24.3 Å². The summed E-state index contributed by atoms with van der Waals surface area (Å²) in [5.74, 6) is 0. The van der Waals surface area contributed by atoms with E-state index in [1.165, 1.54) is 11.1 Å². The molecule has 0 heterocycles. The van der Waals surface area contributed by atoms with Gasteiger partial charge in [-0.2, -0.15) is 0 Å². The molecule has 2 nitrogen and oxygen atoms in total. The minimum atomic E-state index is 0.231. The van der Waals surface area contributed by atoms with Gasteiger partial charge in [0.05, 0.1) is 0 Å². The van der Waals surface area contributed by atoms with Crippen molar-refractivity contribution in [1.29, 1.82) is 0 Å². The highest BCUT2D eigenvalue weighted by molar-refractivity contribution is 5.28. The summed E-state index contributed by atoms with van der Waals surface area (Å²) >= 11 is 0. The van der Waals surface area contributed by atoms with Crippen LogP contribution < -0.4 is 5.32 Å². The molecule has 1 aromatic carbocycles. The maximum atomic E-state index is 5.47. The Kier molecular flexibility index (Phi) is 7.25. The standard InChI is InChI=1S/C18H31NO/c1-6-19-17(12-13-20-7-2)14-15-8-10-16(11-9-15)18(3,4)5/h8-11,17,19H,6-7,12-14H2,1-5H3. The predicted molar refractivity (Wildman–Crippen MR) is 87.4 cm³/mol. The van der Waals surface area contributed by atoms with Gasteiger partial charge in [-0.25, -0.2) is 0 Å². The van der Waals surface area contributed by atoms with Crippen molar-refractivity contribution in [1.82, 2.24) is 5.32 Å². The Morgan fingerprint density at radius 1 is 1.10 bits per heavy atom. The van der Waals surface area contributed by atoms with Crippen LogP contribution in [0, 0.1) is 0 Å². The van der Waals surface area contributed by atoms with E-state index in [0.29, 0.717) is 6.04 Å². The second-order valence-electron chi connectivity index (χ2n) is 6.39. The summed E-state index contributed by atoms with van der Waals surface area (Å²) in [6.07, 6.45) is 2.15. The molecule has 1 unspecified atom stereocenters. The van der Waals surface area contributed by atoms with Gasteiger partial charge in [0.15, 0.2) is 0 Å². The van der Waals surface area contributed by atoms with Crippen LogP contribution in [-0.4, -0.2) is 25.8 Å². The van der Waals surface area contributed by atoms with Crippen molar-refractivity contribution in [3.63, 3.8) is 0 Å². The first-order valence-electron chi connectivity index (χ1n) is 7.88. The van der Waals surface area contributed by atoms with Crippen LogP contribution in [0.1, 0.15) is 52.2 Å².